The second kappa shape index (κ2) is 5.81. The van der Waals surface area contributed by atoms with Crippen LogP contribution in [-0.4, -0.2) is 19.7 Å². The van der Waals surface area contributed by atoms with Gasteiger partial charge in [0.15, 0.2) is 0 Å². The van der Waals surface area contributed by atoms with Crippen LogP contribution in [0.2, 0.25) is 0 Å². The van der Waals surface area contributed by atoms with Crippen LogP contribution in [0.3, 0.4) is 0 Å². The van der Waals surface area contributed by atoms with Crippen LogP contribution in [0.1, 0.15) is 10.4 Å². The molecule has 6 heteroatoms. The molecule has 114 valence electrons. The van der Waals surface area contributed by atoms with Crippen LogP contribution in [0.25, 0.3) is 10.2 Å². The number of rotatable bonds is 4. The van der Waals surface area contributed by atoms with E-state index in [1.807, 2.05) is 29.1 Å². The average Bonchev–Trinajstić information content (AvgIpc) is 3.17. The number of nitrogens with one attached hydrogen (secondary N) is 1. The smallest absolute Gasteiger partial charge is 0.142 e. The van der Waals surface area contributed by atoms with Gasteiger partial charge in [0.2, 0.25) is 0 Å². The standard InChI is InChI=1S/C17H15N5S/c1-12-8-15-16(18-11-19-17(15)23-12)21-14-5-2-4-13(9-14)10-22-7-3-6-20-22/h2-9,11H,10H2,1H3,(H,18,19,21). The van der Waals surface area contributed by atoms with E-state index in [1.165, 1.54) is 10.4 Å². The minimum atomic E-state index is 0.749. The molecule has 0 aliphatic carbocycles. The minimum absolute atomic E-state index is 0.749. The molecule has 0 aliphatic rings. The zero-order valence-corrected chi connectivity index (χ0v) is 13.4. The molecular formula is C17H15N5S. The molecule has 1 aromatic carbocycles. The van der Waals surface area contributed by atoms with Crippen molar-refractivity contribution < 1.29 is 0 Å². The molecule has 0 spiro atoms. The largest absolute Gasteiger partial charge is 0.340 e. The molecule has 0 unspecified atom stereocenters. The Morgan fingerprint density at radius 1 is 1.17 bits per heavy atom. The summed E-state index contributed by atoms with van der Waals surface area (Å²) in [5.74, 6) is 0.843. The summed E-state index contributed by atoms with van der Waals surface area (Å²) in [6, 6.07) is 12.3. The Bertz CT molecular complexity index is 943. The van der Waals surface area contributed by atoms with Crippen LogP contribution in [0.5, 0.6) is 0 Å². The average molecular weight is 321 g/mol. The zero-order valence-electron chi connectivity index (χ0n) is 12.6. The van der Waals surface area contributed by atoms with Crippen LogP contribution in [0.15, 0.2) is 55.1 Å². The van der Waals surface area contributed by atoms with Gasteiger partial charge in [-0.25, -0.2) is 9.97 Å². The first-order valence-corrected chi connectivity index (χ1v) is 8.14. The molecule has 0 radical (unpaired) electrons. The van der Waals surface area contributed by atoms with Gasteiger partial charge in [-0.3, -0.25) is 4.68 Å². The Morgan fingerprint density at radius 2 is 2.13 bits per heavy atom. The number of anilines is 2. The summed E-state index contributed by atoms with van der Waals surface area (Å²) in [4.78, 5) is 11.0. The first-order chi connectivity index (χ1) is 11.3. The molecule has 4 aromatic rings. The van der Waals surface area contributed by atoms with E-state index in [9.17, 15) is 0 Å². The van der Waals surface area contributed by atoms with Crippen molar-refractivity contribution in [3.63, 3.8) is 0 Å². The molecule has 4 rings (SSSR count). The number of fused-ring (bicyclic) bond motifs is 1. The van der Waals surface area contributed by atoms with Gasteiger partial charge in [0.1, 0.15) is 17.0 Å². The summed E-state index contributed by atoms with van der Waals surface area (Å²) < 4.78 is 1.91. The second-order valence-corrected chi connectivity index (χ2v) is 6.56. The van der Waals surface area contributed by atoms with Crippen molar-refractivity contribution in [3.05, 3.63) is 65.6 Å². The fourth-order valence-corrected chi connectivity index (χ4v) is 3.39. The number of aromatic nitrogens is 4. The van der Waals surface area contributed by atoms with Gasteiger partial charge in [-0.2, -0.15) is 5.10 Å². The Morgan fingerprint density at radius 3 is 3.00 bits per heavy atom. The van der Waals surface area contributed by atoms with Crippen molar-refractivity contribution >= 4 is 33.1 Å². The highest BCUT2D eigenvalue weighted by Gasteiger charge is 2.07. The quantitative estimate of drug-likeness (QED) is 0.617. The molecule has 0 bridgehead atoms. The van der Waals surface area contributed by atoms with Crippen LogP contribution in [-0.2, 0) is 6.54 Å². The lowest BCUT2D eigenvalue weighted by molar-refractivity contribution is 0.687. The Balaban J connectivity index is 1.63. The summed E-state index contributed by atoms with van der Waals surface area (Å²) >= 11 is 1.68. The molecule has 0 amide bonds. The molecule has 3 heterocycles. The molecule has 0 atom stereocenters. The predicted octanol–water partition coefficient (Wildman–Crippen LogP) is 3.99. The summed E-state index contributed by atoms with van der Waals surface area (Å²) in [7, 11) is 0. The van der Waals surface area contributed by atoms with Gasteiger partial charge in [-0.15, -0.1) is 11.3 Å². The number of nitrogens with zero attached hydrogens (tertiary/aromatic N) is 4. The molecule has 0 saturated heterocycles. The van der Waals surface area contributed by atoms with Crippen LogP contribution in [0, 0.1) is 6.92 Å². The van der Waals surface area contributed by atoms with E-state index in [4.69, 9.17) is 0 Å². The second-order valence-electron chi connectivity index (χ2n) is 5.33. The van der Waals surface area contributed by atoms with Crippen molar-refractivity contribution in [1.82, 2.24) is 19.7 Å². The SMILES string of the molecule is Cc1cc2c(Nc3cccc(Cn4cccn4)c3)ncnc2s1. The van der Waals surface area contributed by atoms with Crippen LogP contribution >= 0.6 is 11.3 Å². The Hall–Kier alpha value is -2.73. The highest BCUT2D eigenvalue weighted by molar-refractivity contribution is 7.18. The lowest BCUT2D eigenvalue weighted by Gasteiger charge is -2.08. The summed E-state index contributed by atoms with van der Waals surface area (Å²) in [5.41, 5.74) is 2.20. The van der Waals surface area contributed by atoms with Gasteiger partial charge >= 0.3 is 0 Å². The van der Waals surface area contributed by atoms with Crippen molar-refractivity contribution in [1.29, 1.82) is 0 Å². The number of benzene rings is 1. The fraction of sp³-hybridized carbons (Fsp3) is 0.118. The van der Waals surface area contributed by atoms with Crippen molar-refractivity contribution in [2.24, 2.45) is 0 Å². The van der Waals surface area contributed by atoms with E-state index >= 15 is 0 Å². The summed E-state index contributed by atoms with van der Waals surface area (Å²) in [5, 5.41) is 8.71. The maximum absolute atomic E-state index is 4.39. The van der Waals surface area contributed by atoms with Crippen molar-refractivity contribution in [2.75, 3.05) is 5.32 Å². The fourth-order valence-electron chi connectivity index (χ4n) is 2.54. The highest BCUT2D eigenvalue weighted by Crippen LogP contribution is 2.29. The van der Waals surface area contributed by atoms with E-state index in [0.29, 0.717) is 0 Å². The predicted molar refractivity (Wildman–Crippen MR) is 93.2 cm³/mol. The monoisotopic (exact) mass is 321 g/mol. The first kappa shape index (κ1) is 13.9. The molecular weight excluding hydrogens is 306 g/mol. The molecule has 1 N–H and O–H groups in total. The molecule has 0 fully saturated rings. The van der Waals surface area contributed by atoms with Gasteiger partial charge in [0, 0.05) is 23.0 Å². The number of hydrogen-bond donors (Lipinski definition) is 1. The third-order valence-corrected chi connectivity index (χ3v) is 4.50. The Labute approximate surface area is 137 Å². The molecule has 0 saturated carbocycles. The maximum atomic E-state index is 4.39. The van der Waals surface area contributed by atoms with Gasteiger partial charge in [-0.1, -0.05) is 12.1 Å². The van der Waals surface area contributed by atoms with Gasteiger partial charge in [0.25, 0.3) is 0 Å². The highest BCUT2D eigenvalue weighted by atomic mass is 32.1. The first-order valence-electron chi connectivity index (χ1n) is 7.32. The Kier molecular flexibility index (Phi) is 3.51. The van der Waals surface area contributed by atoms with E-state index in [-0.39, 0.29) is 0 Å². The summed E-state index contributed by atoms with van der Waals surface area (Å²) in [6.07, 6.45) is 5.36. The third-order valence-electron chi connectivity index (χ3n) is 3.55. The van der Waals surface area contributed by atoms with Crippen molar-refractivity contribution in [3.8, 4) is 0 Å². The van der Waals surface area contributed by atoms with E-state index in [2.05, 4.69) is 45.5 Å². The van der Waals surface area contributed by atoms with E-state index in [0.717, 1.165) is 28.3 Å². The van der Waals surface area contributed by atoms with E-state index in [1.54, 1.807) is 23.9 Å². The minimum Gasteiger partial charge on any atom is -0.340 e. The number of aryl methyl sites for hydroxylation is 1. The normalized spacial score (nSPS) is 11.0. The lowest BCUT2D eigenvalue weighted by Crippen LogP contribution is -2.01. The number of thiophene rings is 1. The third kappa shape index (κ3) is 2.93. The van der Waals surface area contributed by atoms with Gasteiger partial charge < -0.3 is 5.32 Å². The molecule has 5 nitrogen and oxygen atoms in total. The van der Waals surface area contributed by atoms with Crippen LogP contribution < -0.4 is 5.32 Å². The molecule has 3 aromatic heterocycles. The van der Waals surface area contributed by atoms with Gasteiger partial charge in [-0.05, 0) is 36.8 Å². The van der Waals surface area contributed by atoms with Crippen molar-refractivity contribution in [2.45, 2.75) is 13.5 Å². The zero-order chi connectivity index (χ0) is 15.6. The molecule has 23 heavy (non-hydrogen) atoms. The van der Waals surface area contributed by atoms with Crippen LogP contribution in [0.4, 0.5) is 11.5 Å². The molecule has 0 aliphatic heterocycles. The number of hydrogen-bond acceptors (Lipinski definition) is 5. The van der Waals surface area contributed by atoms with Gasteiger partial charge in [0.05, 0.1) is 11.9 Å². The maximum Gasteiger partial charge on any atom is 0.142 e. The topological polar surface area (TPSA) is 55.6 Å². The lowest BCUT2D eigenvalue weighted by atomic mass is 10.2. The van der Waals surface area contributed by atoms with E-state index < -0.39 is 0 Å². The summed E-state index contributed by atoms with van der Waals surface area (Å²) in [6.45, 7) is 2.83.